The third kappa shape index (κ3) is 5.22. The SMILES string of the molecule is CC(C)(C(=O)NCC(=O)N1CCN(c2ccc(Cl)cc2)CC1)c1ccc(Cl)cc1. The Balaban J connectivity index is 1.50. The Bertz CT molecular complexity index is 859. The second kappa shape index (κ2) is 9.06. The molecule has 0 atom stereocenters. The van der Waals surface area contributed by atoms with Crippen LogP contribution < -0.4 is 10.2 Å². The van der Waals surface area contributed by atoms with Crippen LogP contribution in [0.4, 0.5) is 5.69 Å². The van der Waals surface area contributed by atoms with E-state index in [9.17, 15) is 9.59 Å². The van der Waals surface area contributed by atoms with Crippen molar-refractivity contribution in [3.63, 3.8) is 0 Å². The van der Waals surface area contributed by atoms with E-state index >= 15 is 0 Å². The molecule has 1 saturated heterocycles. The Kier molecular flexibility index (Phi) is 6.70. The molecular formula is C22H25Cl2N3O2. The normalized spacial score (nSPS) is 14.6. The molecule has 0 spiro atoms. The number of nitrogens with zero attached hydrogens (tertiary/aromatic N) is 2. The molecule has 0 saturated carbocycles. The first kappa shape index (κ1) is 21.5. The van der Waals surface area contributed by atoms with Crippen molar-refractivity contribution in [2.24, 2.45) is 0 Å². The van der Waals surface area contributed by atoms with Gasteiger partial charge in [0.15, 0.2) is 0 Å². The van der Waals surface area contributed by atoms with Crippen LogP contribution in [0.2, 0.25) is 10.0 Å². The van der Waals surface area contributed by atoms with Crippen LogP contribution in [0, 0.1) is 0 Å². The number of piperazine rings is 1. The van der Waals surface area contributed by atoms with Crippen molar-refractivity contribution in [2.45, 2.75) is 19.3 Å². The number of hydrogen-bond donors (Lipinski definition) is 1. The lowest BCUT2D eigenvalue weighted by atomic mass is 9.84. The highest BCUT2D eigenvalue weighted by atomic mass is 35.5. The number of anilines is 1. The van der Waals surface area contributed by atoms with Gasteiger partial charge in [0.25, 0.3) is 0 Å². The molecule has 154 valence electrons. The highest BCUT2D eigenvalue weighted by molar-refractivity contribution is 6.30. The first-order chi connectivity index (χ1) is 13.8. The van der Waals surface area contributed by atoms with Gasteiger partial charge in [0.05, 0.1) is 12.0 Å². The molecule has 1 aliphatic heterocycles. The van der Waals surface area contributed by atoms with Gasteiger partial charge in [-0.3, -0.25) is 9.59 Å². The van der Waals surface area contributed by atoms with Crippen LogP contribution in [0.25, 0.3) is 0 Å². The minimum atomic E-state index is -0.752. The summed E-state index contributed by atoms with van der Waals surface area (Å²) in [4.78, 5) is 29.2. The second-order valence-corrected chi connectivity index (χ2v) is 8.53. The zero-order valence-electron chi connectivity index (χ0n) is 16.6. The molecule has 0 aliphatic carbocycles. The second-order valence-electron chi connectivity index (χ2n) is 7.66. The minimum absolute atomic E-state index is 0.00318. The maximum Gasteiger partial charge on any atom is 0.242 e. The fraction of sp³-hybridized carbons (Fsp3) is 0.364. The Labute approximate surface area is 181 Å². The summed E-state index contributed by atoms with van der Waals surface area (Å²) in [5.74, 6) is -0.256. The molecule has 2 aromatic carbocycles. The molecule has 2 amide bonds. The summed E-state index contributed by atoms with van der Waals surface area (Å²) in [5, 5.41) is 4.12. The van der Waals surface area contributed by atoms with Gasteiger partial charge in [0, 0.05) is 41.9 Å². The van der Waals surface area contributed by atoms with Crippen molar-refractivity contribution in [1.82, 2.24) is 10.2 Å². The third-order valence-electron chi connectivity index (χ3n) is 5.36. The van der Waals surface area contributed by atoms with E-state index in [0.717, 1.165) is 24.3 Å². The van der Waals surface area contributed by atoms with Crippen LogP contribution >= 0.6 is 23.2 Å². The van der Waals surface area contributed by atoms with Crippen molar-refractivity contribution in [1.29, 1.82) is 0 Å². The lowest BCUT2D eigenvalue weighted by molar-refractivity contribution is -0.134. The number of nitrogens with one attached hydrogen (secondary N) is 1. The van der Waals surface area contributed by atoms with Crippen molar-refractivity contribution in [3.8, 4) is 0 Å². The van der Waals surface area contributed by atoms with E-state index < -0.39 is 5.41 Å². The number of carbonyl (C=O) groups excluding carboxylic acids is 2. The predicted octanol–water partition coefficient (Wildman–Crippen LogP) is 3.74. The number of carbonyl (C=O) groups is 2. The lowest BCUT2D eigenvalue weighted by Gasteiger charge is -2.36. The molecule has 0 radical (unpaired) electrons. The molecule has 7 heteroatoms. The summed E-state index contributed by atoms with van der Waals surface area (Å²) in [6.07, 6.45) is 0. The van der Waals surface area contributed by atoms with Gasteiger partial charge < -0.3 is 15.1 Å². The predicted molar refractivity (Wildman–Crippen MR) is 118 cm³/mol. The van der Waals surface area contributed by atoms with E-state index in [-0.39, 0.29) is 18.4 Å². The fourth-order valence-electron chi connectivity index (χ4n) is 3.35. The summed E-state index contributed by atoms with van der Waals surface area (Å²) >= 11 is 11.9. The molecule has 5 nitrogen and oxygen atoms in total. The smallest absolute Gasteiger partial charge is 0.242 e. The van der Waals surface area contributed by atoms with Crippen molar-refractivity contribution in [2.75, 3.05) is 37.6 Å². The molecule has 0 bridgehead atoms. The number of hydrogen-bond acceptors (Lipinski definition) is 3. The first-order valence-corrected chi connectivity index (χ1v) is 10.4. The van der Waals surface area contributed by atoms with Crippen molar-refractivity contribution in [3.05, 3.63) is 64.1 Å². The molecule has 2 aromatic rings. The average Bonchev–Trinajstić information content (AvgIpc) is 2.72. The number of benzene rings is 2. The summed E-state index contributed by atoms with van der Waals surface area (Å²) in [6, 6.07) is 14.9. The zero-order valence-corrected chi connectivity index (χ0v) is 18.1. The molecule has 1 N–H and O–H groups in total. The van der Waals surface area contributed by atoms with E-state index in [1.807, 2.05) is 50.2 Å². The van der Waals surface area contributed by atoms with Gasteiger partial charge in [-0.05, 0) is 55.8 Å². The molecule has 1 heterocycles. The van der Waals surface area contributed by atoms with Gasteiger partial charge in [-0.1, -0.05) is 35.3 Å². The maximum atomic E-state index is 12.7. The monoisotopic (exact) mass is 433 g/mol. The molecular weight excluding hydrogens is 409 g/mol. The summed E-state index contributed by atoms with van der Waals surface area (Å²) < 4.78 is 0. The lowest BCUT2D eigenvalue weighted by Crippen LogP contribution is -2.52. The van der Waals surface area contributed by atoms with Gasteiger partial charge in [-0.25, -0.2) is 0 Å². The third-order valence-corrected chi connectivity index (χ3v) is 5.86. The Hall–Kier alpha value is -2.24. The Morgan fingerprint density at radius 3 is 1.97 bits per heavy atom. The van der Waals surface area contributed by atoms with Gasteiger partial charge in [0.2, 0.25) is 11.8 Å². The fourth-order valence-corrected chi connectivity index (χ4v) is 3.60. The zero-order chi connectivity index (χ0) is 21.0. The van der Waals surface area contributed by atoms with Gasteiger partial charge in [-0.2, -0.15) is 0 Å². The van der Waals surface area contributed by atoms with E-state index in [2.05, 4.69) is 10.2 Å². The highest BCUT2D eigenvalue weighted by Crippen LogP contribution is 2.25. The van der Waals surface area contributed by atoms with E-state index in [4.69, 9.17) is 23.2 Å². The molecule has 0 unspecified atom stereocenters. The molecule has 0 aromatic heterocycles. The minimum Gasteiger partial charge on any atom is -0.368 e. The summed E-state index contributed by atoms with van der Waals surface area (Å²) in [6.45, 7) is 6.41. The quantitative estimate of drug-likeness (QED) is 0.780. The summed E-state index contributed by atoms with van der Waals surface area (Å²) in [7, 11) is 0. The Morgan fingerprint density at radius 1 is 0.897 bits per heavy atom. The van der Waals surface area contributed by atoms with Crippen LogP contribution in [-0.4, -0.2) is 49.4 Å². The van der Waals surface area contributed by atoms with Crippen LogP contribution in [0.15, 0.2) is 48.5 Å². The first-order valence-electron chi connectivity index (χ1n) is 9.60. The number of halogens is 2. The number of amides is 2. The van der Waals surface area contributed by atoms with Crippen molar-refractivity contribution >= 4 is 40.7 Å². The van der Waals surface area contributed by atoms with E-state index in [1.54, 1.807) is 17.0 Å². The van der Waals surface area contributed by atoms with Crippen LogP contribution in [-0.2, 0) is 15.0 Å². The van der Waals surface area contributed by atoms with Gasteiger partial charge >= 0.3 is 0 Å². The van der Waals surface area contributed by atoms with Crippen LogP contribution in [0.5, 0.6) is 0 Å². The average molecular weight is 434 g/mol. The van der Waals surface area contributed by atoms with Crippen LogP contribution in [0.1, 0.15) is 19.4 Å². The largest absolute Gasteiger partial charge is 0.368 e. The standard InChI is InChI=1S/C22H25Cl2N3O2/c1-22(2,16-3-5-17(23)6-4-16)21(29)25-15-20(28)27-13-11-26(12-14-27)19-9-7-18(24)8-10-19/h3-10H,11-15H2,1-2H3,(H,25,29). The molecule has 1 aliphatic rings. The molecule has 3 rings (SSSR count). The van der Waals surface area contributed by atoms with Gasteiger partial charge in [-0.15, -0.1) is 0 Å². The highest BCUT2D eigenvalue weighted by Gasteiger charge is 2.30. The topological polar surface area (TPSA) is 52.7 Å². The van der Waals surface area contributed by atoms with E-state index in [1.165, 1.54) is 0 Å². The van der Waals surface area contributed by atoms with E-state index in [0.29, 0.717) is 23.1 Å². The molecule has 1 fully saturated rings. The van der Waals surface area contributed by atoms with Crippen LogP contribution in [0.3, 0.4) is 0 Å². The van der Waals surface area contributed by atoms with Gasteiger partial charge in [0.1, 0.15) is 0 Å². The Morgan fingerprint density at radius 2 is 1.41 bits per heavy atom. The maximum absolute atomic E-state index is 12.7. The summed E-state index contributed by atoms with van der Waals surface area (Å²) in [5.41, 5.74) is 1.20. The molecule has 29 heavy (non-hydrogen) atoms. The van der Waals surface area contributed by atoms with Crippen molar-refractivity contribution < 1.29 is 9.59 Å². The number of rotatable bonds is 5.